The molecular weight excluding hydrogens is 244 g/mol. The minimum Gasteiger partial charge on any atom is -0.310 e. The fourth-order valence-corrected chi connectivity index (χ4v) is 2.89. The first-order valence-corrected chi connectivity index (χ1v) is 8.09. The van der Waals surface area contributed by atoms with Crippen molar-refractivity contribution in [3.8, 4) is 0 Å². The summed E-state index contributed by atoms with van der Waals surface area (Å²) in [6, 6.07) is 11.3. The number of hydrogen-bond acceptors (Lipinski definition) is 2. The van der Waals surface area contributed by atoms with Gasteiger partial charge in [0, 0.05) is 19.1 Å². The Hall–Kier alpha value is -0.860. The third-order valence-corrected chi connectivity index (χ3v) is 3.77. The predicted molar refractivity (Wildman–Crippen MR) is 89.0 cm³/mol. The molecule has 2 atom stereocenters. The molecule has 0 aliphatic carbocycles. The van der Waals surface area contributed by atoms with Gasteiger partial charge in [0.2, 0.25) is 0 Å². The molecule has 2 nitrogen and oxygen atoms in total. The Labute approximate surface area is 125 Å². The molecule has 2 heteroatoms. The molecule has 0 radical (unpaired) electrons. The van der Waals surface area contributed by atoms with E-state index in [1.54, 1.807) is 0 Å². The first kappa shape index (κ1) is 17.2. The lowest BCUT2D eigenvalue weighted by Gasteiger charge is -2.31. The van der Waals surface area contributed by atoms with Crippen LogP contribution in [0.25, 0.3) is 0 Å². The summed E-state index contributed by atoms with van der Waals surface area (Å²) in [6.45, 7) is 15.9. The zero-order chi connectivity index (χ0) is 15.0. The first-order valence-electron chi connectivity index (χ1n) is 8.09. The number of nitrogens with zero attached hydrogens (tertiary/aromatic N) is 1. The highest BCUT2D eigenvalue weighted by Gasteiger charge is 2.20. The molecule has 1 rings (SSSR count). The van der Waals surface area contributed by atoms with Crippen LogP contribution in [0.1, 0.15) is 46.2 Å². The summed E-state index contributed by atoms with van der Waals surface area (Å²) in [5, 5.41) is 3.65. The van der Waals surface area contributed by atoms with E-state index >= 15 is 0 Å². The molecular formula is C18H32N2. The van der Waals surface area contributed by atoms with E-state index in [-0.39, 0.29) is 0 Å². The minimum absolute atomic E-state index is 0.447. The van der Waals surface area contributed by atoms with Crippen LogP contribution in [-0.4, -0.2) is 31.1 Å². The summed E-state index contributed by atoms with van der Waals surface area (Å²) in [6.07, 6.45) is 0. The maximum atomic E-state index is 3.65. The van der Waals surface area contributed by atoms with Crippen LogP contribution in [-0.2, 0) is 0 Å². The van der Waals surface area contributed by atoms with Crippen molar-refractivity contribution in [2.45, 2.75) is 40.7 Å². The minimum atomic E-state index is 0.447. The molecule has 20 heavy (non-hydrogen) atoms. The molecule has 0 saturated heterocycles. The highest BCUT2D eigenvalue weighted by molar-refractivity contribution is 5.19. The van der Waals surface area contributed by atoms with Gasteiger partial charge < -0.3 is 10.2 Å². The quantitative estimate of drug-likeness (QED) is 0.734. The van der Waals surface area contributed by atoms with E-state index in [0.717, 1.165) is 25.6 Å². The lowest BCUT2D eigenvalue weighted by Crippen LogP contribution is -2.37. The van der Waals surface area contributed by atoms with Gasteiger partial charge >= 0.3 is 0 Å². The fraction of sp³-hybridized carbons (Fsp3) is 0.667. The molecule has 0 spiro atoms. The Morgan fingerprint density at radius 2 is 1.65 bits per heavy atom. The van der Waals surface area contributed by atoms with Crippen LogP contribution in [0.15, 0.2) is 30.3 Å². The molecule has 2 unspecified atom stereocenters. The maximum absolute atomic E-state index is 3.65. The van der Waals surface area contributed by atoms with Crippen molar-refractivity contribution in [2.24, 2.45) is 11.8 Å². The van der Waals surface area contributed by atoms with Gasteiger partial charge in [-0.3, -0.25) is 0 Å². The summed E-state index contributed by atoms with van der Waals surface area (Å²) in [7, 11) is 0. The molecule has 0 fully saturated rings. The van der Waals surface area contributed by atoms with Gasteiger partial charge in [0.25, 0.3) is 0 Å². The van der Waals surface area contributed by atoms with Crippen LogP contribution in [0.5, 0.6) is 0 Å². The Kier molecular flexibility index (Phi) is 7.86. The molecule has 0 heterocycles. The van der Waals surface area contributed by atoms with Crippen molar-refractivity contribution < 1.29 is 0 Å². The molecule has 0 aliphatic rings. The normalized spacial score (nSPS) is 14.8. The average Bonchev–Trinajstić information content (AvgIpc) is 2.44. The van der Waals surface area contributed by atoms with Gasteiger partial charge in [-0.1, -0.05) is 65.0 Å². The van der Waals surface area contributed by atoms with Crippen LogP contribution in [0.2, 0.25) is 0 Å². The fourth-order valence-electron chi connectivity index (χ4n) is 2.89. The molecule has 1 aromatic rings. The van der Waals surface area contributed by atoms with Crippen LogP contribution in [0.4, 0.5) is 0 Å². The summed E-state index contributed by atoms with van der Waals surface area (Å²) >= 11 is 0. The second kappa shape index (κ2) is 9.15. The van der Waals surface area contributed by atoms with Crippen molar-refractivity contribution in [3.05, 3.63) is 35.9 Å². The van der Waals surface area contributed by atoms with Gasteiger partial charge in [0.1, 0.15) is 0 Å². The van der Waals surface area contributed by atoms with Crippen molar-refractivity contribution >= 4 is 0 Å². The predicted octanol–water partition coefficient (Wildman–Crippen LogP) is 3.95. The third-order valence-electron chi connectivity index (χ3n) is 3.77. The summed E-state index contributed by atoms with van der Waals surface area (Å²) < 4.78 is 0. The van der Waals surface area contributed by atoms with E-state index < -0.39 is 0 Å². The Morgan fingerprint density at radius 3 is 2.15 bits per heavy atom. The van der Waals surface area contributed by atoms with Crippen molar-refractivity contribution in [2.75, 3.05) is 26.2 Å². The van der Waals surface area contributed by atoms with Gasteiger partial charge in [-0.15, -0.1) is 0 Å². The van der Waals surface area contributed by atoms with E-state index in [2.05, 4.69) is 75.2 Å². The lowest BCUT2D eigenvalue weighted by molar-refractivity contribution is 0.201. The second-order valence-electron chi connectivity index (χ2n) is 6.17. The number of hydrogen-bond donors (Lipinski definition) is 1. The van der Waals surface area contributed by atoms with Crippen LogP contribution >= 0.6 is 0 Å². The number of rotatable bonds is 9. The average molecular weight is 276 g/mol. The molecule has 1 N–H and O–H groups in total. The molecule has 114 valence electrons. The van der Waals surface area contributed by atoms with Gasteiger partial charge in [0.05, 0.1) is 0 Å². The van der Waals surface area contributed by atoms with Crippen molar-refractivity contribution in [1.82, 2.24) is 10.2 Å². The van der Waals surface area contributed by atoms with E-state index in [1.165, 1.54) is 12.1 Å². The van der Waals surface area contributed by atoms with Crippen LogP contribution in [0, 0.1) is 11.8 Å². The molecule has 1 aromatic carbocycles. The summed E-state index contributed by atoms with van der Waals surface area (Å²) in [5.41, 5.74) is 1.41. The largest absolute Gasteiger partial charge is 0.310 e. The third kappa shape index (κ3) is 5.64. The van der Waals surface area contributed by atoms with Gasteiger partial charge in [-0.2, -0.15) is 0 Å². The van der Waals surface area contributed by atoms with Crippen molar-refractivity contribution in [1.29, 1.82) is 0 Å². The van der Waals surface area contributed by atoms with Crippen LogP contribution in [0.3, 0.4) is 0 Å². The Bertz CT molecular complexity index is 348. The first-order chi connectivity index (χ1) is 9.58. The monoisotopic (exact) mass is 276 g/mol. The van der Waals surface area contributed by atoms with Gasteiger partial charge in [-0.25, -0.2) is 0 Å². The smallest absolute Gasteiger partial charge is 0.0358 e. The molecule has 0 amide bonds. The van der Waals surface area contributed by atoms with Gasteiger partial charge in [-0.05, 0) is 30.5 Å². The maximum Gasteiger partial charge on any atom is 0.0358 e. The Balaban J connectivity index is 2.71. The zero-order valence-electron chi connectivity index (χ0n) is 13.9. The van der Waals surface area contributed by atoms with Gasteiger partial charge in [0.15, 0.2) is 0 Å². The van der Waals surface area contributed by atoms with Crippen LogP contribution < -0.4 is 5.32 Å². The standard InChI is InChI=1S/C18H32N2/c1-6-19-18(17-11-9-8-10-12-17)16(5)14-20(7-2)13-15(3)4/h8-12,15-16,18-19H,6-7,13-14H2,1-5H3. The van der Waals surface area contributed by atoms with E-state index in [0.29, 0.717) is 12.0 Å². The molecule has 0 aromatic heterocycles. The number of nitrogens with one attached hydrogen (secondary N) is 1. The summed E-state index contributed by atoms with van der Waals surface area (Å²) in [4.78, 5) is 2.57. The topological polar surface area (TPSA) is 15.3 Å². The lowest BCUT2D eigenvalue weighted by atomic mass is 9.93. The summed E-state index contributed by atoms with van der Waals surface area (Å²) in [5.74, 6) is 1.34. The highest BCUT2D eigenvalue weighted by atomic mass is 15.1. The van der Waals surface area contributed by atoms with E-state index in [4.69, 9.17) is 0 Å². The Morgan fingerprint density at radius 1 is 1.00 bits per heavy atom. The number of benzene rings is 1. The molecule has 0 bridgehead atoms. The highest BCUT2D eigenvalue weighted by Crippen LogP contribution is 2.23. The SMILES string of the molecule is CCNC(c1ccccc1)C(C)CN(CC)CC(C)C. The second-order valence-corrected chi connectivity index (χ2v) is 6.17. The van der Waals surface area contributed by atoms with E-state index in [9.17, 15) is 0 Å². The zero-order valence-corrected chi connectivity index (χ0v) is 13.9. The molecule has 0 aliphatic heterocycles. The molecule has 0 saturated carbocycles. The van der Waals surface area contributed by atoms with E-state index in [1.807, 2.05) is 0 Å². The van der Waals surface area contributed by atoms with Crippen molar-refractivity contribution in [3.63, 3.8) is 0 Å².